The molecule has 0 fully saturated rings. The Morgan fingerprint density at radius 3 is 2.20 bits per heavy atom. The van der Waals surface area contributed by atoms with E-state index in [0.29, 0.717) is 6.42 Å². The van der Waals surface area contributed by atoms with Crippen molar-refractivity contribution in [1.82, 2.24) is 0 Å². The third-order valence-electron chi connectivity index (χ3n) is 1.07. The van der Waals surface area contributed by atoms with Gasteiger partial charge in [-0.25, -0.2) is 0 Å². The van der Waals surface area contributed by atoms with Crippen LogP contribution in [0.5, 0.6) is 0 Å². The van der Waals surface area contributed by atoms with Crippen molar-refractivity contribution in [2.75, 3.05) is 0 Å². The third kappa shape index (κ3) is 4.85. The molecule has 0 aliphatic heterocycles. The van der Waals surface area contributed by atoms with Gasteiger partial charge in [0.2, 0.25) is 0 Å². The number of carbonyl (C=O) groups excluding carboxylic acids is 1. The maximum absolute atomic E-state index is 11.1. The summed E-state index contributed by atoms with van der Waals surface area (Å²) in [6.45, 7) is 2.06. The number of hydrogen-bond donors (Lipinski definition) is 0. The van der Waals surface area contributed by atoms with Crippen LogP contribution in [0, 0.1) is 0 Å². The molecular formula is C6H9Br3O. The fourth-order valence-electron chi connectivity index (χ4n) is 0.479. The first-order valence-corrected chi connectivity index (χ1v) is 5.46. The van der Waals surface area contributed by atoms with Crippen molar-refractivity contribution >= 4 is 53.6 Å². The molecule has 0 aromatic rings. The smallest absolute Gasteiger partial charge is 0.192 e. The van der Waals surface area contributed by atoms with E-state index >= 15 is 0 Å². The lowest BCUT2D eigenvalue weighted by Crippen LogP contribution is -2.15. The summed E-state index contributed by atoms with van der Waals surface area (Å²) < 4.78 is -0.692. The minimum atomic E-state index is -0.692. The van der Waals surface area contributed by atoms with E-state index in [2.05, 4.69) is 54.7 Å². The van der Waals surface area contributed by atoms with Crippen molar-refractivity contribution in [2.24, 2.45) is 0 Å². The van der Waals surface area contributed by atoms with Gasteiger partial charge < -0.3 is 0 Å². The van der Waals surface area contributed by atoms with Crippen LogP contribution in [0.15, 0.2) is 0 Å². The van der Waals surface area contributed by atoms with E-state index < -0.39 is 2.14 Å². The Bertz CT molecular complexity index is 117. The summed E-state index contributed by atoms with van der Waals surface area (Å²) in [6.07, 6.45) is 2.61. The SMILES string of the molecule is CCCCC(=O)C(Br)(Br)Br. The molecule has 0 aromatic heterocycles. The number of halogens is 3. The highest BCUT2D eigenvalue weighted by atomic mass is 80.0. The minimum absolute atomic E-state index is 0.134. The topological polar surface area (TPSA) is 17.1 Å². The monoisotopic (exact) mass is 334 g/mol. The molecular weight excluding hydrogens is 328 g/mol. The number of alkyl halides is 3. The number of Topliss-reactive ketones (excluding diaryl/α,β-unsaturated/α-hetero) is 1. The fourth-order valence-corrected chi connectivity index (χ4v) is 1.07. The standard InChI is InChI=1S/C6H9Br3O/c1-2-3-4-5(10)6(7,8)9/h2-4H2,1H3. The Balaban J connectivity index is 3.64. The summed E-state index contributed by atoms with van der Waals surface area (Å²) in [5.41, 5.74) is 0. The van der Waals surface area contributed by atoms with Gasteiger partial charge in [-0.3, -0.25) is 4.79 Å². The second-order valence-electron chi connectivity index (χ2n) is 2.02. The minimum Gasteiger partial charge on any atom is -0.296 e. The van der Waals surface area contributed by atoms with Crippen LogP contribution in [-0.2, 0) is 4.79 Å². The number of carbonyl (C=O) groups is 1. The number of hydrogen-bond acceptors (Lipinski definition) is 1. The summed E-state index contributed by atoms with van der Waals surface area (Å²) in [7, 11) is 0. The fraction of sp³-hybridized carbons (Fsp3) is 0.833. The van der Waals surface area contributed by atoms with Gasteiger partial charge in [0.15, 0.2) is 7.93 Å². The van der Waals surface area contributed by atoms with Gasteiger partial charge in [-0.15, -0.1) is 0 Å². The molecule has 0 saturated heterocycles. The summed E-state index contributed by atoms with van der Waals surface area (Å²) in [5, 5.41) is 0. The summed E-state index contributed by atoms with van der Waals surface area (Å²) in [5.74, 6) is 0.134. The maximum atomic E-state index is 11.1. The Morgan fingerprint density at radius 2 is 1.90 bits per heavy atom. The Labute approximate surface area is 86.3 Å². The number of rotatable bonds is 3. The van der Waals surface area contributed by atoms with Crippen LogP contribution in [-0.4, -0.2) is 7.93 Å². The zero-order valence-electron chi connectivity index (χ0n) is 5.66. The lowest BCUT2D eigenvalue weighted by molar-refractivity contribution is -0.117. The number of ketones is 1. The van der Waals surface area contributed by atoms with Crippen molar-refractivity contribution < 1.29 is 4.79 Å². The van der Waals surface area contributed by atoms with E-state index in [9.17, 15) is 4.79 Å². The highest BCUT2D eigenvalue weighted by Crippen LogP contribution is 2.35. The van der Waals surface area contributed by atoms with Gasteiger partial charge in [0.25, 0.3) is 0 Å². The van der Waals surface area contributed by atoms with E-state index in [1.807, 2.05) is 0 Å². The molecule has 10 heavy (non-hydrogen) atoms. The first-order valence-electron chi connectivity index (χ1n) is 3.08. The Morgan fingerprint density at radius 1 is 1.40 bits per heavy atom. The van der Waals surface area contributed by atoms with Gasteiger partial charge in [-0.1, -0.05) is 61.1 Å². The second kappa shape index (κ2) is 4.88. The summed E-state index contributed by atoms with van der Waals surface area (Å²) >= 11 is 9.47. The number of unbranched alkanes of at least 4 members (excludes halogenated alkanes) is 1. The normalized spacial score (nSPS) is 11.6. The molecule has 0 radical (unpaired) electrons. The molecule has 0 spiro atoms. The zero-order chi connectivity index (χ0) is 8.20. The van der Waals surface area contributed by atoms with E-state index in [0.717, 1.165) is 12.8 Å². The Kier molecular flexibility index (Phi) is 5.42. The van der Waals surface area contributed by atoms with Crippen LogP contribution in [0.2, 0.25) is 0 Å². The van der Waals surface area contributed by atoms with E-state index in [4.69, 9.17) is 0 Å². The van der Waals surface area contributed by atoms with E-state index in [1.165, 1.54) is 0 Å². The molecule has 0 aromatic carbocycles. The van der Waals surface area contributed by atoms with Gasteiger partial charge >= 0.3 is 0 Å². The van der Waals surface area contributed by atoms with Gasteiger partial charge in [-0.2, -0.15) is 0 Å². The largest absolute Gasteiger partial charge is 0.296 e. The predicted octanol–water partition coefficient (Wildman–Crippen LogP) is 3.58. The van der Waals surface area contributed by atoms with Crippen molar-refractivity contribution in [3.8, 4) is 0 Å². The molecule has 4 heteroatoms. The average Bonchev–Trinajstić information content (AvgIpc) is 1.80. The third-order valence-corrected chi connectivity index (χ3v) is 2.40. The Hall–Kier alpha value is 1.11. The van der Waals surface area contributed by atoms with Crippen LogP contribution in [0.4, 0.5) is 0 Å². The quantitative estimate of drug-likeness (QED) is 0.720. The second-order valence-corrected chi connectivity index (χ2v) is 8.79. The summed E-state index contributed by atoms with van der Waals surface area (Å²) in [4.78, 5) is 11.1. The zero-order valence-corrected chi connectivity index (χ0v) is 10.4. The van der Waals surface area contributed by atoms with E-state index in [-0.39, 0.29) is 5.78 Å². The predicted molar refractivity (Wildman–Crippen MR) is 54.0 cm³/mol. The molecule has 0 heterocycles. The van der Waals surface area contributed by atoms with Gasteiger partial charge in [-0.05, 0) is 6.42 Å². The molecule has 0 bridgehead atoms. The van der Waals surface area contributed by atoms with Gasteiger partial charge in [0, 0.05) is 6.42 Å². The molecule has 0 unspecified atom stereocenters. The first-order chi connectivity index (χ1) is 4.48. The van der Waals surface area contributed by atoms with Gasteiger partial charge in [0.1, 0.15) is 0 Å². The molecule has 0 N–H and O–H groups in total. The molecule has 0 atom stereocenters. The lowest BCUT2D eigenvalue weighted by atomic mass is 10.2. The van der Waals surface area contributed by atoms with Crippen LogP contribution >= 0.6 is 47.8 Å². The highest BCUT2D eigenvalue weighted by molar-refractivity contribution is 9.40. The lowest BCUT2D eigenvalue weighted by Gasteiger charge is -2.08. The summed E-state index contributed by atoms with van der Waals surface area (Å²) in [6, 6.07) is 0. The molecule has 60 valence electrons. The van der Waals surface area contributed by atoms with Gasteiger partial charge in [0.05, 0.1) is 0 Å². The van der Waals surface area contributed by atoms with Crippen molar-refractivity contribution in [2.45, 2.75) is 28.3 Å². The average molecular weight is 337 g/mol. The molecule has 0 amide bonds. The van der Waals surface area contributed by atoms with Crippen LogP contribution in [0.1, 0.15) is 26.2 Å². The molecule has 1 nitrogen and oxygen atoms in total. The maximum Gasteiger partial charge on any atom is 0.192 e. The van der Waals surface area contributed by atoms with E-state index in [1.54, 1.807) is 0 Å². The first kappa shape index (κ1) is 11.1. The van der Waals surface area contributed by atoms with Crippen LogP contribution < -0.4 is 0 Å². The highest BCUT2D eigenvalue weighted by Gasteiger charge is 2.26. The van der Waals surface area contributed by atoms with Crippen LogP contribution in [0.25, 0.3) is 0 Å². The molecule has 0 aliphatic rings. The van der Waals surface area contributed by atoms with Crippen molar-refractivity contribution in [3.63, 3.8) is 0 Å². The molecule has 0 rings (SSSR count). The molecule has 0 saturated carbocycles. The van der Waals surface area contributed by atoms with Crippen molar-refractivity contribution in [1.29, 1.82) is 0 Å². The van der Waals surface area contributed by atoms with Crippen molar-refractivity contribution in [3.05, 3.63) is 0 Å². The van der Waals surface area contributed by atoms with Crippen LogP contribution in [0.3, 0.4) is 0 Å². The molecule has 0 aliphatic carbocycles.